The van der Waals surface area contributed by atoms with Crippen molar-refractivity contribution >= 4 is 11.7 Å². The minimum atomic E-state index is 0.114. The van der Waals surface area contributed by atoms with Crippen LogP contribution in [0.5, 0.6) is 0 Å². The quantitative estimate of drug-likeness (QED) is 0.921. The highest BCUT2D eigenvalue weighted by Gasteiger charge is 2.25. The number of rotatable bonds is 3. The van der Waals surface area contributed by atoms with Crippen LogP contribution in [0.15, 0.2) is 30.7 Å². The zero-order chi connectivity index (χ0) is 17.9. The van der Waals surface area contributed by atoms with E-state index < -0.39 is 0 Å². The second-order valence-corrected chi connectivity index (χ2v) is 7.64. The summed E-state index contributed by atoms with van der Waals surface area (Å²) < 4.78 is 0. The number of nitrogens with zero attached hydrogens (tertiary/aromatic N) is 4. The first-order chi connectivity index (χ1) is 12.7. The van der Waals surface area contributed by atoms with Crippen molar-refractivity contribution in [1.82, 2.24) is 19.9 Å². The van der Waals surface area contributed by atoms with Crippen LogP contribution in [0.1, 0.15) is 54.7 Å². The third-order valence-electron chi connectivity index (χ3n) is 5.72. The van der Waals surface area contributed by atoms with Gasteiger partial charge in [0, 0.05) is 50.7 Å². The van der Waals surface area contributed by atoms with Gasteiger partial charge in [-0.05, 0) is 43.7 Å². The molecule has 0 spiro atoms. The van der Waals surface area contributed by atoms with E-state index in [4.69, 9.17) is 0 Å². The summed E-state index contributed by atoms with van der Waals surface area (Å²) in [5.74, 6) is 3.26. The predicted octanol–water partition coefficient (Wildman–Crippen LogP) is 3.06. The molecule has 6 nitrogen and oxygen atoms in total. The van der Waals surface area contributed by atoms with Crippen molar-refractivity contribution < 1.29 is 4.79 Å². The van der Waals surface area contributed by atoms with Gasteiger partial charge >= 0.3 is 0 Å². The minimum Gasteiger partial charge on any atom is -0.356 e. The molecule has 26 heavy (non-hydrogen) atoms. The molecule has 1 amide bonds. The summed E-state index contributed by atoms with van der Waals surface area (Å²) in [4.78, 5) is 29.2. The minimum absolute atomic E-state index is 0.114. The molecule has 2 aliphatic heterocycles. The fourth-order valence-corrected chi connectivity index (χ4v) is 4.00. The molecular formula is C20H27N5O. The molecule has 138 valence electrons. The second-order valence-electron chi connectivity index (χ2n) is 7.64. The van der Waals surface area contributed by atoms with Gasteiger partial charge in [-0.25, -0.2) is 9.97 Å². The summed E-state index contributed by atoms with van der Waals surface area (Å²) in [7, 11) is 0. The van der Waals surface area contributed by atoms with E-state index in [-0.39, 0.29) is 5.91 Å². The summed E-state index contributed by atoms with van der Waals surface area (Å²) >= 11 is 0. The second kappa shape index (κ2) is 7.48. The highest BCUT2D eigenvalue weighted by atomic mass is 16.2. The largest absolute Gasteiger partial charge is 0.356 e. The summed E-state index contributed by atoms with van der Waals surface area (Å²) in [6.45, 7) is 5.89. The zero-order valence-electron chi connectivity index (χ0n) is 15.4. The normalized spacial score (nSPS) is 21.8. The Morgan fingerprint density at radius 3 is 2.69 bits per heavy atom. The molecule has 0 aliphatic carbocycles. The lowest BCUT2D eigenvalue weighted by Gasteiger charge is -2.33. The van der Waals surface area contributed by atoms with Crippen LogP contribution in [0.2, 0.25) is 0 Å². The summed E-state index contributed by atoms with van der Waals surface area (Å²) in [6, 6.07) is 3.92. The Morgan fingerprint density at radius 2 is 2.00 bits per heavy atom. The number of amides is 1. The number of pyridine rings is 1. The van der Waals surface area contributed by atoms with Crippen LogP contribution < -0.4 is 4.90 Å². The highest BCUT2D eigenvalue weighted by Crippen LogP contribution is 2.27. The average Bonchev–Trinajstić information content (AvgIpc) is 3.23. The number of nitrogens with one attached hydrogen (secondary N) is 1. The Morgan fingerprint density at radius 1 is 1.15 bits per heavy atom. The van der Waals surface area contributed by atoms with Gasteiger partial charge in [-0.2, -0.15) is 0 Å². The van der Waals surface area contributed by atoms with Crippen LogP contribution >= 0.6 is 0 Å². The molecule has 4 rings (SSSR count). The van der Waals surface area contributed by atoms with Crippen LogP contribution in [0.25, 0.3) is 0 Å². The number of anilines is 1. The number of imidazole rings is 1. The molecule has 2 saturated heterocycles. The number of carbonyl (C=O) groups is 1. The van der Waals surface area contributed by atoms with E-state index in [0.29, 0.717) is 11.5 Å². The Kier molecular flexibility index (Phi) is 4.91. The molecule has 4 heterocycles. The molecule has 2 aromatic heterocycles. The standard InChI is InChI=1S/C20H27N5O/c1-15-6-11-24(12-7-15)20(26)16-4-5-18(23-13-16)25-10-2-3-17(14-25)19-21-8-9-22-19/h4-5,8-9,13,15,17H,2-3,6-7,10-12,14H2,1H3,(H,21,22). The van der Waals surface area contributed by atoms with E-state index in [9.17, 15) is 4.79 Å². The van der Waals surface area contributed by atoms with Crippen LogP contribution in [0.4, 0.5) is 5.82 Å². The first-order valence-corrected chi connectivity index (χ1v) is 9.70. The summed E-state index contributed by atoms with van der Waals surface area (Å²) in [6.07, 6.45) is 9.90. The van der Waals surface area contributed by atoms with Gasteiger partial charge in [-0.3, -0.25) is 4.79 Å². The van der Waals surface area contributed by atoms with Crippen LogP contribution in [0, 0.1) is 5.92 Å². The van der Waals surface area contributed by atoms with Gasteiger partial charge < -0.3 is 14.8 Å². The van der Waals surface area contributed by atoms with Crippen LogP contribution in [-0.2, 0) is 0 Å². The number of aromatic nitrogens is 3. The smallest absolute Gasteiger partial charge is 0.255 e. The van der Waals surface area contributed by atoms with Gasteiger partial charge in [0.1, 0.15) is 11.6 Å². The van der Waals surface area contributed by atoms with Crippen molar-refractivity contribution in [3.8, 4) is 0 Å². The topological polar surface area (TPSA) is 65.1 Å². The Bertz CT molecular complexity index is 719. The molecule has 6 heteroatoms. The Balaban J connectivity index is 1.41. The predicted molar refractivity (Wildman–Crippen MR) is 101 cm³/mol. The van der Waals surface area contributed by atoms with Gasteiger partial charge in [-0.15, -0.1) is 0 Å². The zero-order valence-corrected chi connectivity index (χ0v) is 15.4. The number of hydrogen-bond acceptors (Lipinski definition) is 4. The number of H-pyrrole nitrogens is 1. The van der Waals surface area contributed by atoms with Gasteiger partial charge in [0.25, 0.3) is 5.91 Å². The molecule has 0 aromatic carbocycles. The van der Waals surface area contributed by atoms with E-state index in [1.807, 2.05) is 29.4 Å². The molecule has 1 atom stereocenters. The average molecular weight is 353 g/mol. The third kappa shape index (κ3) is 3.59. The van der Waals surface area contributed by atoms with E-state index >= 15 is 0 Å². The molecule has 0 bridgehead atoms. The number of likely N-dealkylation sites (tertiary alicyclic amines) is 1. The van der Waals surface area contributed by atoms with Gasteiger partial charge in [0.15, 0.2) is 0 Å². The maximum absolute atomic E-state index is 12.7. The maximum Gasteiger partial charge on any atom is 0.255 e. The van der Waals surface area contributed by atoms with Crippen molar-refractivity contribution in [2.24, 2.45) is 5.92 Å². The van der Waals surface area contributed by atoms with E-state index in [2.05, 4.69) is 26.8 Å². The molecule has 0 saturated carbocycles. The van der Waals surface area contributed by atoms with Crippen LogP contribution in [0.3, 0.4) is 0 Å². The highest BCUT2D eigenvalue weighted by molar-refractivity contribution is 5.94. The molecule has 2 aromatic rings. The molecule has 2 aliphatic rings. The number of hydrogen-bond donors (Lipinski definition) is 1. The molecule has 0 radical (unpaired) electrons. The lowest BCUT2D eigenvalue weighted by atomic mass is 9.97. The molecular weight excluding hydrogens is 326 g/mol. The Hall–Kier alpha value is -2.37. The fourth-order valence-electron chi connectivity index (χ4n) is 4.00. The monoisotopic (exact) mass is 353 g/mol. The SMILES string of the molecule is CC1CCN(C(=O)c2ccc(N3CCCC(c4ncc[nH]4)C3)nc2)CC1. The summed E-state index contributed by atoms with van der Waals surface area (Å²) in [5.41, 5.74) is 0.697. The van der Waals surface area contributed by atoms with Gasteiger partial charge in [-0.1, -0.05) is 6.92 Å². The van der Waals surface area contributed by atoms with E-state index in [0.717, 1.165) is 69.4 Å². The first kappa shape index (κ1) is 17.1. The van der Waals surface area contributed by atoms with E-state index in [1.165, 1.54) is 0 Å². The van der Waals surface area contributed by atoms with Crippen molar-refractivity contribution in [1.29, 1.82) is 0 Å². The van der Waals surface area contributed by atoms with Crippen molar-refractivity contribution in [3.05, 3.63) is 42.1 Å². The maximum atomic E-state index is 12.7. The molecule has 1 N–H and O–H groups in total. The molecule has 2 fully saturated rings. The number of piperidine rings is 2. The van der Waals surface area contributed by atoms with E-state index in [1.54, 1.807) is 6.20 Å². The molecule has 1 unspecified atom stereocenters. The Labute approximate surface area is 154 Å². The third-order valence-corrected chi connectivity index (χ3v) is 5.72. The lowest BCUT2D eigenvalue weighted by molar-refractivity contribution is 0.0697. The fraction of sp³-hybridized carbons (Fsp3) is 0.550. The number of carbonyl (C=O) groups excluding carboxylic acids is 1. The summed E-state index contributed by atoms with van der Waals surface area (Å²) in [5, 5.41) is 0. The van der Waals surface area contributed by atoms with Gasteiger partial charge in [0.2, 0.25) is 0 Å². The van der Waals surface area contributed by atoms with Crippen LogP contribution in [-0.4, -0.2) is 51.9 Å². The van der Waals surface area contributed by atoms with Gasteiger partial charge in [0.05, 0.1) is 5.56 Å². The van der Waals surface area contributed by atoms with Crippen molar-refractivity contribution in [3.63, 3.8) is 0 Å². The number of aromatic amines is 1. The van der Waals surface area contributed by atoms with Crippen molar-refractivity contribution in [2.45, 2.75) is 38.5 Å². The first-order valence-electron chi connectivity index (χ1n) is 9.70. The lowest BCUT2D eigenvalue weighted by Crippen LogP contribution is -2.38. The van der Waals surface area contributed by atoms with Crippen molar-refractivity contribution in [2.75, 3.05) is 31.1 Å².